The van der Waals surface area contributed by atoms with Crippen molar-refractivity contribution in [1.29, 1.82) is 0 Å². The normalized spacial score (nSPS) is 16.6. The van der Waals surface area contributed by atoms with Crippen LogP contribution in [0.2, 0.25) is 0 Å². The van der Waals surface area contributed by atoms with Crippen molar-refractivity contribution < 1.29 is 0 Å². The van der Waals surface area contributed by atoms with Gasteiger partial charge in [0.2, 0.25) is 0 Å². The average molecular weight is 259 g/mol. The van der Waals surface area contributed by atoms with Crippen LogP contribution in [0.15, 0.2) is 12.1 Å². The Bertz CT molecular complexity index is 395. The molecule has 0 bridgehead atoms. The molecule has 1 nitrogen and oxygen atoms in total. The second-order valence-electron chi connectivity index (χ2n) is 6.54. The first kappa shape index (κ1) is 14.6. The van der Waals surface area contributed by atoms with Gasteiger partial charge < -0.3 is 5.32 Å². The number of hydrogen-bond donors (Lipinski definition) is 1. The molecule has 0 spiro atoms. The van der Waals surface area contributed by atoms with E-state index in [9.17, 15) is 0 Å². The molecule has 0 aromatic heterocycles. The zero-order valence-electron chi connectivity index (χ0n) is 13.1. The van der Waals surface area contributed by atoms with Crippen LogP contribution in [0.1, 0.15) is 54.9 Å². The number of aryl methyl sites for hydroxylation is 3. The third-order valence-corrected chi connectivity index (χ3v) is 4.38. The maximum atomic E-state index is 3.62. The van der Waals surface area contributed by atoms with Gasteiger partial charge in [0.15, 0.2) is 0 Å². The van der Waals surface area contributed by atoms with Crippen molar-refractivity contribution in [2.45, 2.75) is 65.8 Å². The average Bonchev–Trinajstić information content (AvgIpc) is 3.11. The van der Waals surface area contributed by atoms with Crippen LogP contribution < -0.4 is 5.32 Å². The summed E-state index contributed by atoms with van der Waals surface area (Å²) in [6.07, 6.45) is 6.67. The molecule has 1 aromatic rings. The maximum absolute atomic E-state index is 3.62. The number of nitrogens with one attached hydrogen (secondary N) is 1. The molecule has 0 saturated heterocycles. The van der Waals surface area contributed by atoms with Gasteiger partial charge in [-0.05, 0) is 82.0 Å². The standard InChI is InChI=1S/C18H29N/c1-13(9-10-19-17-6-7-17)5-8-18-15(3)11-14(2)12-16(18)4/h11-13,17,19H,5-10H2,1-4H3. The summed E-state index contributed by atoms with van der Waals surface area (Å²) in [5.41, 5.74) is 5.91. The molecule has 1 heteroatoms. The summed E-state index contributed by atoms with van der Waals surface area (Å²) >= 11 is 0. The first-order valence-electron chi connectivity index (χ1n) is 7.86. The molecule has 1 unspecified atom stereocenters. The Hall–Kier alpha value is -0.820. The van der Waals surface area contributed by atoms with E-state index >= 15 is 0 Å². The highest BCUT2D eigenvalue weighted by atomic mass is 14.9. The van der Waals surface area contributed by atoms with E-state index in [-0.39, 0.29) is 0 Å². The molecular weight excluding hydrogens is 230 g/mol. The van der Waals surface area contributed by atoms with Crippen molar-refractivity contribution in [3.05, 3.63) is 34.4 Å². The molecule has 1 N–H and O–H groups in total. The van der Waals surface area contributed by atoms with Gasteiger partial charge in [-0.2, -0.15) is 0 Å². The monoisotopic (exact) mass is 259 g/mol. The SMILES string of the molecule is Cc1cc(C)c(CCC(C)CCNC2CC2)c(C)c1. The molecule has 0 amide bonds. The van der Waals surface area contributed by atoms with E-state index in [1.165, 1.54) is 55.3 Å². The van der Waals surface area contributed by atoms with Crippen LogP contribution in [-0.2, 0) is 6.42 Å². The zero-order chi connectivity index (χ0) is 13.8. The number of hydrogen-bond acceptors (Lipinski definition) is 1. The molecule has 1 fully saturated rings. The lowest BCUT2D eigenvalue weighted by Crippen LogP contribution is -2.19. The van der Waals surface area contributed by atoms with Crippen molar-refractivity contribution >= 4 is 0 Å². The Morgan fingerprint density at radius 2 is 1.74 bits per heavy atom. The predicted molar refractivity (Wildman–Crippen MR) is 83.8 cm³/mol. The van der Waals surface area contributed by atoms with E-state index in [1.807, 2.05) is 0 Å². The van der Waals surface area contributed by atoms with Crippen molar-refractivity contribution in [2.24, 2.45) is 5.92 Å². The van der Waals surface area contributed by atoms with Crippen LogP contribution in [-0.4, -0.2) is 12.6 Å². The van der Waals surface area contributed by atoms with Crippen LogP contribution >= 0.6 is 0 Å². The van der Waals surface area contributed by atoms with Gasteiger partial charge in [0.25, 0.3) is 0 Å². The highest BCUT2D eigenvalue weighted by molar-refractivity contribution is 5.37. The lowest BCUT2D eigenvalue weighted by atomic mass is 9.92. The van der Waals surface area contributed by atoms with Crippen LogP contribution in [0.5, 0.6) is 0 Å². The summed E-state index contributed by atoms with van der Waals surface area (Å²) in [5.74, 6) is 0.825. The Morgan fingerprint density at radius 3 is 2.32 bits per heavy atom. The summed E-state index contributed by atoms with van der Waals surface area (Å²) < 4.78 is 0. The van der Waals surface area contributed by atoms with Gasteiger partial charge in [-0.25, -0.2) is 0 Å². The van der Waals surface area contributed by atoms with E-state index in [0.717, 1.165) is 12.0 Å². The molecule has 0 radical (unpaired) electrons. The largest absolute Gasteiger partial charge is 0.314 e. The van der Waals surface area contributed by atoms with E-state index in [1.54, 1.807) is 5.56 Å². The molecule has 0 heterocycles. The Morgan fingerprint density at radius 1 is 1.11 bits per heavy atom. The van der Waals surface area contributed by atoms with E-state index in [2.05, 4.69) is 45.1 Å². The maximum Gasteiger partial charge on any atom is 0.00682 e. The smallest absolute Gasteiger partial charge is 0.00682 e. The van der Waals surface area contributed by atoms with Crippen LogP contribution in [0.25, 0.3) is 0 Å². The predicted octanol–water partition coefficient (Wildman–Crippen LogP) is 4.32. The van der Waals surface area contributed by atoms with Gasteiger partial charge in [0.05, 0.1) is 0 Å². The Kier molecular flexibility index (Phi) is 5.04. The summed E-state index contributed by atoms with van der Waals surface area (Å²) in [7, 11) is 0. The van der Waals surface area contributed by atoms with Crippen molar-refractivity contribution in [3.63, 3.8) is 0 Å². The van der Waals surface area contributed by atoms with Crippen LogP contribution in [0.3, 0.4) is 0 Å². The fourth-order valence-corrected chi connectivity index (χ4v) is 2.96. The minimum absolute atomic E-state index is 0.825. The lowest BCUT2D eigenvalue weighted by Gasteiger charge is -2.15. The number of rotatable bonds is 7. The zero-order valence-corrected chi connectivity index (χ0v) is 13.1. The molecular formula is C18H29N. The highest BCUT2D eigenvalue weighted by Gasteiger charge is 2.19. The van der Waals surface area contributed by atoms with Gasteiger partial charge in [-0.3, -0.25) is 0 Å². The van der Waals surface area contributed by atoms with Crippen LogP contribution in [0.4, 0.5) is 0 Å². The Balaban J connectivity index is 1.77. The summed E-state index contributed by atoms with van der Waals surface area (Å²) in [6.45, 7) is 10.3. The molecule has 1 atom stereocenters. The van der Waals surface area contributed by atoms with Gasteiger partial charge in [0, 0.05) is 6.04 Å². The third kappa shape index (κ3) is 4.65. The van der Waals surface area contributed by atoms with Gasteiger partial charge in [-0.1, -0.05) is 24.6 Å². The molecule has 106 valence electrons. The molecule has 0 aliphatic heterocycles. The number of benzene rings is 1. The van der Waals surface area contributed by atoms with Gasteiger partial charge in [-0.15, -0.1) is 0 Å². The quantitative estimate of drug-likeness (QED) is 0.769. The van der Waals surface area contributed by atoms with Crippen molar-refractivity contribution in [3.8, 4) is 0 Å². The highest BCUT2D eigenvalue weighted by Crippen LogP contribution is 2.22. The molecule has 1 aliphatic carbocycles. The first-order chi connectivity index (χ1) is 9.06. The summed E-state index contributed by atoms with van der Waals surface area (Å²) in [4.78, 5) is 0. The third-order valence-electron chi connectivity index (χ3n) is 4.38. The van der Waals surface area contributed by atoms with Gasteiger partial charge >= 0.3 is 0 Å². The second-order valence-corrected chi connectivity index (χ2v) is 6.54. The minimum atomic E-state index is 0.825. The van der Waals surface area contributed by atoms with E-state index in [0.29, 0.717) is 0 Å². The fraction of sp³-hybridized carbons (Fsp3) is 0.667. The second kappa shape index (κ2) is 6.56. The van der Waals surface area contributed by atoms with E-state index in [4.69, 9.17) is 0 Å². The lowest BCUT2D eigenvalue weighted by molar-refractivity contribution is 0.468. The van der Waals surface area contributed by atoms with Crippen LogP contribution in [0, 0.1) is 26.7 Å². The fourth-order valence-electron chi connectivity index (χ4n) is 2.96. The van der Waals surface area contributed by atoms with E-state index < -0.39 is 0 Å². The first-order valence-corrected chi connectivity index (χ1v) is 7.86. The molecule has 1 aliphatic rings. The van der Waals surface area contributed by atoms with Gasteiger partial charge in [0.1, 0.15) is 0 Å². The topological polar surface area (TPSA) is 12.0 Å². The summed E-state index contributed by atoms with van der Waals surface area (Å²) in [6, 6.07) is 5.50. The molecule has 19 heavy (non-hydrogen) atoms. The Labute approximate surface area is 118 Å². The summed E-state index contributed by atoms with van der Waals surface area (Å²) in [5, 5.41) is 3.62. The minimum Gasteiger partial charge on any atom is -0.314 e. The molecule has 1 saturated carbocycles. The van der Waals surface area contributed by atoms with Crippen molar-refractivity contribution in [1.82, 2.24) is 5.32 Å². The van der Waals surface area contributed by atoms with Crippen molar-refractivity contribution in [2.75, 3.05) is 6.54 Å². The molecule has 2 rings (SSSR count). The molecule has 1 aromatic carbocycles.